The van der Waals surface area contributed by atoms with Gasteiger partial charge in [-0.2, -0.15) is 0 Å². The van der Waals surface area contributed by atoms with Crippen LogP contribution in [0.3, 0.4) is 0 Å². The van der Waals surface area contributed by atoms with E-state index in [1.54, 1.807) is 26.0 Å². The summed E-state index contributed by atoms with van der Waals surface area (Å²) >= 11 is 0. The van der Waals surface area contributed by atoms with Crippen LogP contribution in [-0.2, 0) is 19.1 Å². The molecule has 0 spiro atoms. The van der Waals surface area contributed by atoms with Crippen molar-refractivity contribution < 1.29 is 23.5 Å². The van der Waals surface area contributed by atoms with E-state index in [2.05, 4.69) is 14.8 Å². The number of nitrogens with one attached hydrogen (secondary N) is 1. The second-order valence-corrected chi connectivity index (χ2v) is 5.11. The predicted octanol–water partition coefficient (Wildman–Crippen LogP) is 2.05. The van der Waals surface area contributed by atoms with Crippen molar-refractivity contribution in [1.29, 1.82) is 0 Å². The number of esters is 2. The number of aryl methyl sites for hydroxylation is 2. The van der Waals surface area contributed by atoms with E-state index in [1.807, 2.05) is 0 Å². The van der Waals surface area contributed by atoms with E-state index >= 15 is 0 Å². The Hall–Kier alpha value is -3.09. The summed E-state index contributed by atoms with van der Waals surface area (Å²) in [6, 6.07) is 4.79. The predicted molar refractivity (Wildman–Crippen MR) is 87.7 cm³/mol. The molecule has 0 saturated heterocycles. The van der Waals surface area contributed by atoms with Gasteiger partial charge in [0.25, 0.3) is 0 Å². The number of methoxy groups -OCH3 is 2. The summed E-state index contributed by atoms with van der Waals surface area (Å²) in [6.07, 6.45) is 1.01. The molecule has 0 unspecified atom stereocenters. The van der Waals surface area contributed by atoms with Gasteiger partial charge in [-0.05, 0) is 37.1 Å². The highest BCUT2D eigenvalue weighted by molar-refractivity contribution is 5.99. The van der Waals surface area contributed by atoms with E-state index in [4.69, 9.17) is 4.42 Å². The number of anilines is 1. The lowest BCUT2D eigenvalue weighted by Gasteiger charge is -2.13. The monoisotopic (exact) mass is 331 g/mol. The number of rotatable bonds is 4. The fourth-order valence-electron chi connectivity index (χ4n) is 2.18. The number of hydrogen-bond donors (Lipinski definition) is 1. The van der Waals surface area contributed by atoms with Crippen LogP contribution in [0.25, 0.3) is 11.0 Å². The molecule has 126 valence electrons. The third-order valence-corrected chi connectivity index (χ3v) is 3.43. The summed E-state index contributed by atoms with van der Waals surface area (Å²) < 4.78 is 14.4. The van der Waals surface area contributed by atoms with E-state index in [1.165, 1.54) is 20.3 Å². The van der Waals surface area contributed by atoms with Crippen LogP contribution in [0.4, 0.5) is 5.69 Å². The first kappa shape index (κ1) is 17.3. The molecule has 0 aliphatic carbocycles. The van der Waals surface area contributed by atoms with E-state index in [0.717, 1.165) is 17.2 Å². The number of carbonyl (C=O) groups excluding carboxylic acids is 2. The van der Waals surface area contributed by atoms with Gasteiger partial charge in [0.2, 0.25) is 0 Å². The molecule has 1 aromatic carbocycles. The van der Waals surface area contributed by atoms with E-state index in [9.17, 15) is 14.4 Å². The Labute approximate surface area is 137 Å². The van der Waals surface area contributed by atoms with Gasteiger partial charge in [0.15, 0.2) is 0 Å². The highest BCUT2D eigenvalue weighted by atomic mass is 16.5. The van der Waals surface area contributed by atoms with Crippen molar-refractivity contribution in [2.75, 3.05) is 19.5 Å². The summed E-state index contributed by atoms with van der Waals surface area (Å²) in [4.78, 5) is 34.7. The minimum absolute atomic E-state index is 0.0677. The number of ether oxygens (including phenoxy) is 2. The Balaban J connectivity index is 2.52. The summed E-state index contributed by atoms with van der Waals surface area (Å²) in [6.45, 7) is 3.56. The number of carbonyl (C=O) groups is 2. The van der Waals surface area contributed by atoms with Gasteiger partial charge < -0.3 is 19.2 Å². The lowest BCUT2D eigenvalue weighted by atomic mass is 10.1. The average molecular weight is 331 g/mol. The van der Waals surface area contributed by atoms with Crippen LogP contribution >= 0.6 is 0 Å². The zero-order valence-corrected chi connectivity index (χ0v) is 13.8. The first-order valence-electron chi connectivity index (χ1n) is 7.05. The molecule has 0 bridgehead atoms. The topological polar surface area (TPSA) is 94.8 Å². The lowest BCUT2D eigenvalue weighted by molar-refractivity contribution is -0.138. The Morgan fingerprint density at radius 2 is 1.79 bits per heavy atom. The highest BCUT2D eigenvalue weighted by Gasteiger charge is 2.15. The second kappa shape index (κ2) is 6.99. The normalized spacial score (nSPS) is 11.2. The molecule has 1 N–H and O–H groups in total. The Morgan fingerprint density at radius 1 is 1.08 bits per heavy atom. The van der Waals surface area contributed by atoms with Crippen LogP contribution in [0.5, 0.6) is 0 Å². The minimum Gasteiger partial charge on any atom is -0.466 e. The van der Waals surface area contributed by atoms with Crippen LogP contribution in [0, 0.1) is 13.8 Å². The highest BCUT2D eigenvalue weighted by Crippen LogP contribution is 2.26. The standard InChI is InChI=1S/C17H17NO6/c1-9-6-16(20)24-14-5-10(2)12(7-11(9)14)18-13(17(21)23-4)8-15(19)22-3/h5-8,18H,1-4H3/b13-8+. The molecule has 2 rings (SSSR count). The molecule has 1 aromatic heterocycles. The maximum absolute atomic E-state index is 11.8. The Kier molecular flexibility index (Phi) is 5.03. The molecule has 0 aliphatic heterocycles. The van der Waals surface area contributed by atoms with Crippen LogP contribution in [0.1, 0.15) is 11.1 Å². The van der Waals surface area contributed by atoms with Gasteiger partial charge in [0.05, 0.1) is 20.3 Å². The first-order chi connectivity index (χ1) is 11.3. The largest absolute Gasteiger partial charge is 0.466 e. The zero-order valence-electron chi connectivity index (χ0n) is 13.8. The molecule has 7 heteroatoms. The van der Waals surface area contributed by atoms with Gasteiger partial charge >= 0.3 is 17.6 Å². The summed E-state index contributed by atoms with van der Waals surface area (Å²) in [5.74, 6) is -1.40. The van der Waals surface area contributed by atoms with Crippen molar-refractivity contribution in [3.8, 4) is 0 Å². The molecule has 1 heterocycles. The molecule has 0 saturated carbocycles. The smallest absolute Gasteiger partial charge is 0.354 e. The van der Waals surface area contributed by atoms with Crippen molar-refractivity contribution in [1.82, 2.24) is 0 Å². The minimum atomic E-state index is -0.712. The van der Waals surface area contributed by atoms with Crippen LogP contribution < -0.4 is 10.9 Å². The van der Waals surface area contributed by atoms with Crippen LogP contribution in [0.15, 0.2) is 39.2 Å². The van der Waals surface area contributed by atoms with Crippen LogP contribution in [0.2, 0.25) is 0 Å². The third-order valence-electron chi connectivity index (χ3n) is 3.43. The maximum atomic E-state index is 11.8. The number of hydrogen-bond acceptors (Lipinski definition) is 7. The summed E-state index contributed by atoms with van der Waals surface area (Å²) in [5.41, 5.74) is 1.97. The fourth-order valence-corrected chi connectivity index (χ4v) is 2.18. The first-order valence-corrected chi connectivity index (χ1v) is 7.05. The third kappa shape index (κ3) is 3.62. The van der Waals surface area contributed by atoms with E-state index in [-0.39, 0.29) is 5.70 Å². The molecular formula is C17H17NO6. The number of fused-ring (bicyclic) bond motifs is 1. The molecule has 0 amide bonds. The molecule has 7 nitrogen and oxygen atoms in total. The van der Waals surface area contributed by atoms with Crippen molar-refractivity contribution in [3.63, 3.8) is 0 Å². The molecule has 24 heavy (non-hydrogen) atoms. The van der Waals surface area contributed by atoms with Crippen molar-refractivity contribution >= 4 is 28.6 Å². The molecule has 0 radical (unpaired) electrons. The SMILES string of the molecule is COC(=O)/C=C(/Nc1cc2c(C)cc(=O)oc2cc1C)C(=O)OC. The quantitative estimate of drug-likeness (QED) is 0.520. The molecule has 0 fully saturated rings. The zero-order chi connectivity index (χ0) is 17.9. The maximum Gasteiger partial charge on any atom is 0.354 e. The van der Waals surface area contributed by atoms with Gasteiger partial charge in [0, 0.05) is 17.1 Å². The van der Waals surface area contributed by atoms with Gasteiger partial charge in [0.1, 0.15) is 11.3 Å². The van der Waals surface area contributed by atoms with Gasteiger partial charge in [-0.15, -0.1) is 0 Å². The van der Waals surface area contributed by atoms with Crippen molar-refractivity contribution in [2.45, 2.75) is 13.8 Å². The van der Waals surface area contributed by atoms with E-state index < -0.39 is 17.6 Å². The molecule has 0 aliphatic rings. The molecule has 0 atom stereocenters. The van der Waals surface area contributed by atoms with Gasteiger partial charge in [-0.25, -0.2) is 14.4 Å². The molecule has 2 aromatic rings. The van der Waals surface area contributed by atoms with Crippen LogP contribution in [-0.4, -0.2) is 26.2 Å². The molecular weight excluding hydrogens is 314 g/mol. The summed E-state index contributed by atoms with van der Waals surface area (Å²) in [7, 11) is 2.42. The van der Waals surface area contributed by atoms with Crippen molar-refractivity contribution in [3.05, 3.63) is 51.5 Å². The van der Waals surface area contributed by atoms with E-state index in [0.29, 0.717) is 16.7 Å². The number of benzene rings is 1. The van der Waals surface area contributed by atoms with Crippen molar-refractivity contribution in [2.24, 2.45) is 0 Å². The lowest BCUT2D eigenvalue weighted by Crippen LogP contribution is -2.16. The van der Waals surface area contributed by atoms with Gasteiger partial charge in [-0.3, -0.25) is 0 Å². The Morgan fingerprint density at radius 3 is 2.42 bits per heavy atom. The fraction of sp³-hybridized carbons (Fsp3) is 0.235. The Bertz CT molecular complexity index is 894. The summed E-state index contributed by atoms with van der Waals surface area (Å²) in [5, 5.41) is 3.58. The van der Waals surface area contributed by atoms with Gasteiger partial charge in [-0.1, -0.05) is 0 Å². The average Bonchev–Trinajstić information content (AvgIpc) is 2.54. The second-order valence-electron chi connectivity index (χ2n) is 5.11.